The Bertz CT molecular complexity index is 599. The van der Waals surface area contributed by atoms with Crippen molar-refractivity contribution in [2.24, 2.45) is 0 Å². The molecule has 0 aliphatic carbocycles. The molecule has 0 aromatic carbocycles. The maximum Gasteiger partial charge on any atom is 0.340 e. The molecular formula is C13H16N4O2S. The first-order valence-electron chi connectivity index (χ1n) is 6.25. The van der Waals surface area contributed by atoms with Crippen LogP contribution in [0.15, 0.2) is 23.7 Å². The van der Waals surface area contributed by atoms with Crippen LogP contribution in [0.4, 0.5) is 0 Å². The highest BCUT2D eigenvalue weighted by atomic mass is 32.2. The van der Waals surface area contributed by atoms with E-state index >= 15 is 0 Å². The van der Waals surface area contributed by atoms with Crippen molar-refractivity contribution in [3.63, 3.8) is 0 Å². The van der Waals surface area contributed by atoms with Gasteiger partial charge in [-0.15, -0.1) is 11.8 Å². The molecule has 2 heterocycles. The Morgan fingerprint density at radius 2 is 2.20 bits per heavy atom. The van der Waals surface area contributed by atoms with Crippen LogP contribution in [0.25, 0.3) is 0 Å². The van der Waals surface area contributed by atoms with Crippen LogP contribution in [0.5, 0.6) is 0 Å². The Kier molecular flexibility index (Phi) is 4.73. The van der Waals surface area contributed by atoms with Crippen LogP contribution >= 0.6 is 11.8 Å². The van der Waals surface area contributed by atoms with Gasteiger partial charge in [0.25, 0.3) is 0 Å². The van der Waals surface area contributed by atoms with Crippen LogP contribution in [0.1, 0.15) is 28.3 Å². The summed E-state index contributed by atoms with van der Waals surface area (Å²) in [4.78, 5) is 23.6. The number of aromatic nitrogens is 4. The summed E-state index contributed by atoms with van der Waals surface area (Å²) in [7, 11) is 0. The molecule has 2 rings (SSSR count). The summed E-state index contributed by atoms with van der Waals surface area (Å²) in [6, 6.07) is 0. The molecule has 0 aliphatic rings. The zero-order valence-corrected chi connectivity index (χ0v) is 12.2. The molecule has 106 valence electrons. The fraction of sp³-hybridized carbons (Fsp3) is 0.385. The summed E-state index contributed by atoms with van der Waals surface area (Å²) in [5, 5.41) is 9.79. The van der Waals surface area contributed by atoms with E-state index in [0.29, 0.717) is 16.5 Å². The minimum absolute atomic E-state index is 0.211. The van der Waals surface area contributed by atoms with Gasteiger partial charge in [0, 0.05) is 24.7 Å². The van der Waals surface area contributed by atoms with Crippen molar-refractivity contribution in [3.05, 3.63) is 35.8 Å². The van der Waals surface area contributed by atoms with E-state index in [1.807, 2.05) is 10.8 Å². The highest BCUT2D eigenvalue weighted by molar-refractivity contribution is 7.99. The standard InChI is InChI=1S/C13H16N4O2S/c1-9-11(13(18)19)12(16-10(2)15-9)20-7-3-5-17-6-4-14-8-17/h4,6,8H,3,5,7H2,1-2H3,(H,18,19). The predicted octanol–water partition coefficient (Wildman–Crippen LogP) is 2.17. The summed E-state index contributed by atoms with van der Waals surface area (Å²) in [6.45, 7) is 4.33. The SMILES string of the molecule is Cc1nc(C)c(C(=O)O)c(SCCCn2ccnc2)n1. The molecular weight excluding hydrogens is 276 g/mol. The number of thioether (sulfide) groups is 1. The zero-order valence-electron chi connectivity index (χ0n) is 11.4. The lowest BCUT2D eigenvalue weighted by Gasteiger charge is -2.08. The zero-order chi connectivity index (χ0) is 14.5. The van der Waals surface area contributed by atoms with Crippen molar-refractivity contribution in [1.82, 2.24) is 19.5 Å². The van der Waals surface area contributed by atoms with Gasteiger partial charge in [-0.05, 0) is 20.3 Å². The molecule has 7 heteroatoms. The Hall–Kier alpha value is -1.89. The van der Waals surface area contributed by atoms with Gasteiger partial charge in [-0.3, -0.25) is 0 Å². The van der Waals surface area contributed by atoms with Crippen molar-refractivity contribution in [1.29, 1.82) is 0 Å². The summed E-state index contributed by atoms with van der Waals surface area (Å²) in [5.74, 6) is 0.429. The van der Waals surface area contributed by atoms with Crippen LogP contribution in [-0.2, 0) is 6.54 Å². The van der Waals surface area contributed by atoms with Gasteiger partial charge in [0.15, 0.2) is 0 Å². The van der Waals surface area contributed by atoms with Gasteiger partial charge in [0.05, 0.1) is 12.0 Å². The number of carboxylic acid groups (broad SMARTS) is 1. The fourth-order valence-corrected chi connectivity index (χ4v) is 2.91. The largest absolute Gasteiger partial charge is 0.478 e. The monoisotopic (exact) mass is 292 g/mol. The first-order chi connectivity index (χ1) is 9.58. The lowest BCUT2D eigenvalue weighted by atomic mass is 10.2. The van der Waals surface area contributed by atoms with Crippen LogP contribution in [0.2, 0.25) is 0 Å². The minimum atomic E-state index is -0.973. The summed E-state index contributed by atoms with van der Waals surface area (Å²) < 4.78 is 2.00. The third-order valence-corrected chi connectivity index (χ3v) is 3.80. The molecule has 0 radical (unpaired) electrons. The predicted molar refractivity (Wildman–Crippen MR) is 76.0 cm³/mol. The van der Waals surface area contributed by atoms with Crippen molar-refractivity contribution < 1.29 is 9.90 Å². The normalized spacial score (nSPS) is 10.7. The van der Waals surface area contributed by atoms with Gasteiger partial charge in [-0.25, -0.2) is 19.7 Å². The quantitative estimate of drug-likeness (QED) is 0.499. The Labute approximate surface area is 121 Å². The van der Waals surface area contributed by atoms with E-state index in [1.54, 1.807) is 26.4 Å². The molecule has 0 spiro atoms. The van der Waals surface area contributed by atoms with Crippen LogP contribution < -0.4 is 0 Å². The maximum absolute atomic E-state index is 11.3. The highest BCUT2D eigenvalue weighted by Gasteiger charge is 2.17. The van der Waals surface area contributed by atoms with E-state index in [1.165, 1.54) is 11.8 Å². The number of carbonyl (C=O) groups is 1. The number of imidazole rings is 1. The molecule has 0 amide bonds. The molecule has 0 bridgehead atoms. The number of hydrogen-bond acceptors (Lipinski definition) is 5. The Balaban J connectivity index is 1.99. The molecule has 1 N–H and O–H groups in total. The summed E-state index contributed by atoms with van der Waals surface area (Å²) in [5.41, 5.74) is 0.727. The van der Waals surface area contributed by atoms with E-state index in [2.05, 4.69) is 15.0 Å². The molecule has 0 saturated carbocycles. The second-order valence-electron chi connectivity index (χ2n) is 4.34. The fourth-order valence-electron chi connectivity index (χ4n) is 1.87. The maximum atomic E-state index is 11.3. The Morgan fingerprint density at radius 3 is 2.85 bits per heavy atom. The summed E-state index contributed by atoms with van der Waals surface area (Å²) >= 11 is 1.46. The second-order valence-corrected chi connectivity index (χ2v) is 5.43. The Morgan fingerprint density at radius 1 is 1.40 bits per heavy atom. The molecule has 0 saturated heterocycles. The smallest absolute Gasteiger partial charge is 0.340 e. The lowest BCUT2D eigenvalue weighted by molar-refractivity contribution is 0.0690. The van der Waals surface area contributed by atoms with E-state index in [-0.39, 0.29) is 5.56 Å². The van der Waals surface area contributed by atoms with Crippen LogP contribution in [-0.4, -0.2) is 36.3 Å². The van der Waals surface area contributed by atoms with Gasteiger partial charge in [0.2, 0.25) is 0 Å². The molecule has 6 nitrogen and oxygen atoms in total. The molecule has 2 aromatic heterocycles. The average Bonchev–Trinajstić information content (AvgIpc) is 2.86. The van der Waals surface area contributed by atoms with Gasteiger partial charge in [-0.2, -0.15) is 0 Å². The summed E-state index contributed by atoms with van der Waals surface area (Å²) in [6.07, 6.45) is 6.34. The van der Waals surface area contributed by atoms with Crippen LogP contribution in [0.3, 0.4) is 0 Å². The highest BCUT2D eigenvalue weighted by Crippen LogP contribution is 2.23. The number of nitrogens with zero attached hydrogens (tertiary/aromatic N) is 4. The molecule has 0 fully saturated rings. The van der Waals surface area contributed by atoms with Gasteiger partial charge in [0.1, 0.15) is 16.4 Å². The minimum Gasteiger partial charge on any atom is -0.478 e. The van der Waals surface area contributed by atoms with Crippen molar-refractivity contribution >= 4 is 17.7 Å². The van der Waals surface area contributed by atoms with Crippen molar-refractivity contribution in [2.75, 3.05) is 5.75 Å². The van der Waals surface area contributed by atoms with Crippen LogP contribution in [0, 0.1) is 13.8 Å². The van der Waals surface area contributed by atoms with E-state index in [0.717, 1.165) is 18.7 Å². The van der Waals surface area contributed by atoms with Crippen molar-refractivity contribution in [3.8, 4) is 0 Å². The second kappa shape index (κ2) is 6.51. The molecule has 0 atom stereocenters. The molecule has 20 heavy (non-hydrogen) atoms. The number of hydrogen-bond donors (Lipinski definition) is 1. The first kappa shape index (κ1) is 14.5. The van der Waals surface area contributed by atoms with Gasteiger partial charge < -0.3 is 9.67 Å². The van der Waals surface area contributed by atoms with E-state index < -0.39 is 5.97 Å². The lowest BCUT2D eigenvalue weighted by Crippen LogP contribution is -2.08. The molecule has 0 unspecified atom stereocenters. The number of aryl methyl sites for hydroxylation is 3. The third-order valence-electron chi connectivity index (χ3n) is 2.74. The topological polar surface area (TPSA) is 80.9 Å². The molecule has 0 aliphatic heterocycles. The van der Waals surface area contributed by atoms with Gasteiger partial charge in [-0.1, -0.05) is 0 Å². The number of rotatable bonds is 6. The van der Waals surface area contributed by atoms with E-state index in [4.69, 9.17) is 0 Å². The number of carboxylic acids is 1. The first-order valence-corrected chi connectivity index (χ1v) is 7.23. The van der Waals surface area contributed by atoms with Crippen molar-refractivity contribution in [2.45, 2.75) is 31.8 Å². The molecule has 2 aromatic rings. The number of aromatic carboxylic acids is 1. The van der Waals surface area contributed by atoms with E-state index in [9.17, 15) is 9.90 Å². The average molecular weight is 292 g/mol. The third kappa shape index (κ3) is 3.57. The van der Waals surface area contributed by atoms with Gasteiger partial charge >= 0.3 is 5.97 Å².